The molecule has 0 fully saturated rings. The quantitative estimate of drug-likeness (QED) is 0.167. The van der Waals surface area contributed by atoms with Gasteiger partial charge in [0, 0.05) is 13.6 Å². The molecular weight excluding hydrogens is 621 g/mol. The number of benzene rings is 3. The fourth-order valence-electron chi connectivity index (χ4n) is 3.12. The lowest BCUT2D eigenvalue weighted by molar-refractivity contribution is -0.129. The van der Waals surface area contributed by atoms with Crippen molar-refractivity contribution in [3.05, 3.63) is 95.6 Å². The molecule has 0 N–H and O–H groups in total. The third-order valence-electron chi connectivity index (χ3n) is 4.85. The van der Waals surface area contributed by atoms with Crippen molar-refractivity contribution < 1.29 is 19.0 Å². The molecule has 8 heteroatoms. The first kappa shape index (κ1) is 23.8. The normalized spacial score (nSPS) is 14.3. The summed E-state index contributed by atoms with van der Waals surface area (Å²) in [6.45, 7) is 2.38. The van der Waals surface area contributed by atoms with Crippen LogP contribution in [0.3, 0.4) is 0 Å². The summed E-state index contributed by atoms with van der Waals surface area (Å²) in [5, 5.41) is 0.366. The standard InChI is InChI=1S/C25H18BrClINO4/c1-14-3-5-15(6-4-14)13-32-23-19(27)9-16(11-22(23)31-2)10-21-25(30)33-24(29-21)17-7-8-20(28)18(26)12-17/h3-12H,13H2,1-2H3/b21-10-. The molecule has 0 unspecified atom stereocenters. The van der Waals surface area contributed by atoms with Gasteiger partial charge in [-0.25, -0.2) is 9.79 Å². The first-order valence-corrected chi connectivity index (χ1v) is 12.1. The van der Waals surface area contributed by atoms with Gasteiger partial charge in [-0.2, -0.15) is 0 Å². The largest absolute Gasteiger partial charge is 0.493 e. The van der Waals surface area contributed by atoms with Crippen LogP contribution in [-0.4, -0.2) is 19.0 Å². The van der Waals surface area contributed by atoms with Gasteiger partial charge in [0.2, 0.25) is 5.90 Å². The molecular formula is C25H18BrClINO4. The Morgan fingerprint density at radius 3 is 2.61 bits per heavy atom. The molecule has 1 aliphatic rings. The summed E-state index contributed by atoms with van der Waals surface area (Å²) in [6, 6.07) is 17.1. The smallest absolute Gasteiger partial charge is 0.363 e. The first-order chi connectivity index (χ1) is 15.8. The van der Waals surface area contributed by atoms with E-state index in [2.05, 4.69) is 43.5 Å². The Bertz CT molecular complexity index is 1290. The molecule has 4 rings (SSSR count). The van der Waals surface area contributed by atoms with Crippen LogP contribution in [0, 0.1) is 10.5 Å². The molecule has 1 heterocycles. The average molecular weight is 639 g/mol. The molecule has 1 aliphatic heterocycles. The maximum atomic E-state index is 12.4. The van der Waals surface area contributed by atoms with Crippen LogP contribution in [0.25, 0.3) is 6.08 Å². The third-order valence-corrected chi connectivity index (χ3v) is 7.46. The van der Waals surface area contributed by atoms with Crippen LogP contribution in [0.1, 0.15) is 22.3 Å². The van der Waals surface area contributed by atoms with E-state index in [1.54, 1.807) is 18.2 Å². The Hall–Kier alpha value is -2.36. The fraction of sp³-hybridized carbons (Fsp3) is 0.120. The number of hydrogen-bond donors (Lipinski definition) is 0. The van der Waals surface area contributed by atoms with Crippen LogP contribution in [-0.2, 0) is 16.1 Å². The number of methoxy groups -OCH3 is 1. The van der Waals surface area contributed by atoms with E-state index in [-0.39, 0.29) is 11.6 Å². The molecule has 3 aromatic rings. The van der Waals surface area contributed by atoms with E-state index in [0.717, 1.165) is 13.6 Å². The zero-order valence-corrected chi connectivity index (χ0v) is 22.2. The van der Waals surface area contributed by atoms with Crippen molar-refractivity contribution in [2.75, 3.05) is 7.11 Å². The Balaban J connectivity index is 1.59. The van der Waals surface area contributed by atoms with Gasteiger partial charge in [-0.05, 0) is 93.0 Å². The summed E-state index contributed by atoms with van der Waals surface area (Å²) in [5.41, 5.74) is 3.71. The molecule has 0 aromatic heterocycles. The van der Waals surface area contributed by atoms with Crippen molar-refractivity contribution in [3.8, 4) is 11.5 Å². The van der Waals surface area contributed by atoms with Crippen molar-refractivity contribution in [1.82, 2.24) is 0 Å². The highest BCUT2D eigenvalue weighted by Crippen LogP contribution is 2.38. The molecule has 0 aliphatic carbocycles. The summed E-state index contributed by atoms with van der Waals surface area (Å²) in [4.78, 5) is 16.8. The van der Waals surface area contributed by atoms with Crippen LogP contribution in [0.5, 0.6) is 11.5 Å². The minimum absolute atomic E-state index is 0.172. The molecule has 0 radical (unpaired) electrons. The van der Waals surface area contributed by atoms with Crippen LogP contribution < -0.4 is 9.47 Å². The number of hydrogen-bond acceptors (Lipinski definition) is 5. The molecule has 0 amide bonds. The fourth-order valence-corrected chi connectivity index (χ4v) is 4.11. The zero-order valence-electron chi connectivity index (χ0n) is 17.7. The average Bonchev–Trinajstić information content (AvgIpc) is 3.15. The van der Waals surface area contributed by atoms with Crippen molar-refractivity contribution in [1.29, 1.82) is 0 Å². The van der Waals surface area contributed by atoms with E-state index in [1.165, 1.54) is 12.7 Å². The summed E-state index contributed by atoms with van der Waals surface area (Å²) < 4.78 is 18.7. The molecule has 0 spiro atoms. The molecule has 168 valence electrons. The summed E-state index contributed by atoms with van der Waals surface area (Å²) >= 11 is 12.2. The molecule has 33 heavy (non-hydrogen) atoms. The summed E-state index contributed by atoms with van der Waals surface area (Å²) in [6.07, 6.45) is 1.61. The number of cyclic esters (lactones) is 1. The maximum absolute atomic E-state index is 12.4. The van der Waals surface area contributed by atoms with Gasteiger partial charge in [-0.15, -0.1) is 0 Å². The number of ether oxygens (including phenoxy) is 3. The molecule has 0 saturated carbocycles. The maximum Gasteiger partial charge on any atom is 0.363 e. The monoisotopic (exact) mass is 637 g/mol. The van der Waals surface area contributed by atoms with Crippen LogP contribution >= 0.6 is 50.1 Å². The van der Waals surface area contributed by atoms with Crippen LogP contribution in [0.15, 0.2) is 69.8 Å². The van der Waals surface area contributed by atoms with Crippen molar-refractivity contribution in [2.45, 2.75) is 13.5 Å². The molecule has 0 atom stereocenters. The third kappa shape index (κ3) is 5.59. The number of aryl methyl sites for hydroxylation is 1. The molecule has 0 saturated heterocycles. The number of esters is 1. The molecule has 5 nitrogen and oxygen atoms in total. The molecule has 3 aromatic carbocycles. The Morgan fingerprint density at radius 2 is 1.91 bits per heavy atom. The van der Waals surface area contributed by atoms with Gasteiger partial charge in [0.05, 0.1) is 12.1 Å². The number of carbonyl (C=O) groups is 1. The number of nitrogens with zero attached hydrogens (tertiary/aromatic N) is 1. The van der Waals surface area contributed by atoms with Gasteiger partial charge in [0.15, 0.2) is 17.2 Å². The highest BCUT2D eigenvalue weighted by atomic mass is 127. The number of rotatable bonds is 6. The Kier molecular flexibility index (Phi) is 7.41. The number of carbonyl (C=O) groups excluding carboxylic acids is 1. The second-order valence-corrected chi connectivity index (χ2v) is 9.70. The zero-order chi connectivity index (χ0) is 23.5. The number of aliphatic imine (C=N–C) groups is 1. The summed E-state index contributed by atoms with van der Waals surface area (Å²) in [7, 11) is 1.54. The lowest BCUT2D eigenvalue weighted by atomic mass is 10.1. The minimum atomic E-state index is -0.533. The lowest BCUT2D eigenvalue weighted by Crippen LogP contribution is -2.05. The topological polar surface area (TPSA) is 57.1 Å². The second-order valence-electron chi connectivity index (χ2n) is 7.27. The van der Waals surface area contributed by atoms with E-state index in [1.807, 2.05) is 49.4 Å². The highest BCUT2D eigenvalue weighted by molar-refractivity contribution is 14.1. The van der Waals surface area contributed by atoms with Crippen LogP contribution in [0.4, 0.5) is 0 Å². The summed E-state index contributed by atoms with van der Waals surface area (Å²) in [5.74, 6) is 0.608. The van der Waals surface area contributed by atoms with E-state index >= 15 is 0 Å². The van der Waals surface area contributed by atoms with Crippen molar-refractivity contribution in [3.63, 3.8) is 0 Å². The predicted molar refractivity (Wildman–Crippen MR) is 141 cm³/mol. The van der Waals surface area contributed by atoms with Crippen molar-refractivity contribution in [2.24, 2.45) is 4.99 Å². The van der Waals surface area contributed by atoms with Gasteiger partial charge in [0.1, 0.15) is 6.61 Å². The van der Waals surface area contributed by atoms with Gasteiger partial charge in [0.25, 0.3) is 0 Å². The van der Waals surface area contributed by atoms with Crippen molar-refractivity contribution >= 4 is 68.1 Å². The van der Waals surface area contributed by atoms with Gasteiger partial charge in [-0.1, -0.05) is 41.4 Å². The van der Waals surface area contributed by atoms with E-state index in [9.17, 15) is 4.79 Å². The SMILES string of the molecule is COc1cc(/C=C2\N=C(c3ccc(I)c(Br)c3)OC2=O)cc(Cl)c1OCc1ccc(C)cc1. The molecule has 0 bridgehead atoms. The predicted octanol–water partition coefficient (Wildman–Crippen LogP) is 6.95. The Morgan fingerprint density at radius 1 is 1.15 bits per heavy atom. The van der Waals surface area contributed by atoms with Gasteiger partial charge < -0.3 is 14.2 Å². The Labute approximate surface area is 218 Å². The lowest BCUT2D eigenvalue weighted by Gasteiger charge is -2.13. The van der Waals surface area contributed by atoms with Crippen LogP contribution in [0.2, 0.25) is 5.02 Å². The van der Waals surface area contributed by atoms with Gasteiger partial charge in [-0.3, -0.25) is 0 Å². The first-order valence-electron chi connectivity index (χ1n) is 9.88. The minimum Gasteiger partial charge on any atom is -0.493 e. The van der Waals surface area contributed by atoms with Gasteiger partial charge >= 0.3 is 5.97 Å². The van der Waals surface area contributed by atoms with E-state index < -0.39 is 5.97 Å². The highest BCUT2D eigenvalue weighted by Gasteiger charge is 2.25. The second kappa shape index (κ2) is 10.3. The number of halogens is 3. The van der Waals surface area contributed by atoms with E-state index in [4.69, 9.17) is 25.8 Å². The van der Waals surface area contributed by atoms with E-state index in [0.29, 0.717) is 34.3 Å².